The van der Waals surface area contributed by atoms with E-state index in [0.29, 0.717) is 16.9 Å². The van der Waals surface area contributed by atoms with Gasteiger partial charge in [-0.3, -0.25) is 0 Å². The second-order valence-corrected chi connectivity index (χ2v) is 5.19. The van der Waals surface area contributed by atoms with Crippen LogP contribution < -0.4 is 10.2 Å². The molecule has 0 spiro atoms. The van der Waals surface area contributed by atoms with Crippen molar-refractivity contribution in [1.82, 2.24) is 9.97 Å². The van der Waals surface area contributed by atoms with E-state index in [1.165, 1.54) is 0 Å². The van der Waals surface area contributed by atoms with Gasteiger partial charge in [-0.15, -0.1) is 0 Å². The lowest BCUT2D eigenvalue weighted by Crippen LogP contribution is -2.35. The van der Waals surface area contributed by atoms with Crippen LogP contribution in [0.4, 0.5) is 11.8 Å². The first kappa shape index (κ1) is 14.3. The van der Waals surface area contributed by atoms with E-state index in [1.54, 1.807) is 13.3 Å². The molecule has 0 saturated carbocycles. The van der Waals surface area contributed by atoms with Crippen molar-refractivity contribution >= 4 is 23.4 Å². The molecule has 1 aliphatic rings. The number of rotatable bonds is 5. The van der Waals surface area contributed by atoms with Gasteiger partial charge < -0.3 is 15.0 Å². The van der Waals surface area contributed by atoms with Crippen molar-refractivity contribution in [3.8, 4) is 0 Å². The number of halogens is 1. The van der Waals surface area contributed by atoms with Gasteiger partial charge in [-0.2, -0.15) is 4.98 Å². The van der Waals surface area contributed by atoms with E-state index in [9.17, 15) is 0 Å². The Hall–Kier alpha value is -1.07. The van der Waals surface area contributed by atoms with Crippen molar-refractivity contribution in [3.05, 3.63) is 11.2 Å². The molecule has 19 heavy (non-hydrogen) atoms. The molecule has 106 valence electrons. The van der Waals surface area contributed by atoms with Gasteiger partial charge >= 0.3 is 0 Å². The zero-order chi connectivity index (χ0) is 13.7. The Labute approximate surface area is 119 Å². The maximum atomic E-state index is 6.21. The lowest BCUT2D eigenvalue weighted by atomic mass is 9.98. The van der Waals surface area contributed by atoms with E-state index in [0.717, 1.165) is 44.9 Å². The molecule has 1 saturated heterocycles. The average Bonchev–Trinajstić information content (AvgIpc) is 2.43. The van der Waals surface area contributed by atoms with Crippen molar-refractivity contribution < 1.29 is 4.74 Å². The van der Waals surface area contributed by atoms with Crippen molar-refractivity contribution in [2.45, 2.75) is 19.8 Å². The normalized spacial score (nSPS) is 16.7. The molecule has 2 heterocycles. The first-order valence-electron chi connectivity index (χ1n) is 6.75. The molecule has 1 fully saturated rings. The Balaban J connectivity index is 2.03. The molecular weight excluding hydrogens is 264 g/mol. The molecule has 0 aromatic carbocycles. The number of ether oxygens (including phenoxy) is 1. The minimum Gasteiger partial charge on any atom is -0.384 e. The number of hydrogen-bond acceptors (Lipinski definition) is 5. The molecule has 0 aliphatic carbocycles. The molecule has 6 heteroatoms. The fourth-order valence-electron chi connectivity index (χ4n) is 2.37. The summed E-state index contributed by atoms with van der Waals surface area (Å²) in [7, 11) is 1.76. The Kier molecular flexibility index (Phi) is 5.22. The number of anilines is 2. The Bertz CT molecular complexity index is 408. The van der Waals surface area contributed by atoms with Crippen LogP contribution in [0.1, 0.15) is 19.8 Å². The van der Waals surface area contributed by atoms with E-state index in [1.807, 2.05) is 6.92 Å². The third kappa shape index (κ3) is 3.70. The van der Waals surface area contributed by atoms with Crippen molar-refractivity contribution in [1.29, 1.82) is 0 Å². The van der Waals surface area contributed by atoms with Crippen LogP contribution >= 0.6 is 11.6 Å². The van der Waals surface area contributed by atoms with Crippen LogP contribution in [0, 0.1) is 5.92 Å². The molecule has 0 radical (unpaired) electrons. The molecule has 0 amide bonds. The zero-order valence-corrected chi connectivity index (χ0v) is 12.3. The monoisotopic (exact) mass is 284 g/mol. The highest BCUT2D eigenvalue weighted by molar-refractivity contribution is 6.32. The van der Waals surface area contributed by atoms with E-state index in [4.69, 9.17) is 16.3 Å². The van der Waals surface area contributed by atoms with E-state index >= 15 is 0 Å². The summed E-state index contributed by atoms with van der Waals surface area (Å²) in [5.41, 5.74) is 0. The van der Waals surface area contributed by atoms with E-state index < -0.39 is 0 Å². The summed E-state index contributed by atoms with van der Waals surface area (Å²) >= 11 is 6.21. The van der Waals surface area contributed by atoms with Gasteiger partial charge in [0, 0.05) is 33.4 Å². The Morgan fingerprint density at radius 1 is 1.47 bits per heavy atom. The number of nitrogens with zero attached hydrogens (tertiary/aromatic N) is 3. The summed E-state index contributed by atoms with van der Waals surface area (Å²) in [4.78, 5) is 10.9. The number of piperidine rings is 1. The topological polar surface area (TPSA) is 50.3 Å². The highest BCUT2D eigenvalue weighted by Crippen LogP contribution is 2.28. The van der Waals surface area contributed by atoms with Gasteiger partial charge in [0.15, 0.2) is 5.82 Å². The third-order valence-corrected chi connectivity index (χ3v) is 3.64. The van der Waals surface area contributed by atoms with Crippen LogP contribution in [-0.4, -0.2) is 43.3 Å². The maximum Gasteiger partial charge on any atom is 0.224 e. The molecule has 2 rings (SSSR count). The molecule has 0 unspecified atom stereocenters. The lowest BCUT2D eigenvalue weighted by Gasteiger charge is -2.32. The fraction of sp³-hybridized carbons (Fsp3) is 0.692. The molecule has 1 aliphatic heterocycles. The Morgan fingerprint density at radius 2 is 2.21 bits per heavy atom. The molecule has 1 aromatic rings. The number of hydrogen-bond donors (Lipinski definition) is 1. The van der Waals surface area contributed by atoms with Gasteiger partial charge in [0.05, 0.1) is 6.20 Å². The van der Waals surface area contributed by atoms with Gasteiger partial charge in [-0.1, -0.05) is 11.6 Å². The summed E-state index contributed by atoms with van der Waals surface area (Å²) in [6.45, 7) is 5.60. The van der Waals surface area contributed by atoms with Gasteiger partial charge in [0.25, 0.3) is 0 Å². The molecule has 1 N–H and O–H groups in total. The van der Waals surface area contributed by atoms with Crippen molar-refractivity contribution in [2.24, 2.45) is 5.92 Å². The SMILES string of the molecule is CCNc1ncc(Cl)c(N2CCC(COC)CC2)n1. The quantitative estimate of drug-likeness (QED) is 0.900. The smallest absolute Gasteiger partial charge is 0.224 e. The van der Waals surface area contributed by atoms with Gasteiger partial charge in [-0.05, 0) is 25.7 Å². The first-order valence-corrected chi connectivity index (χ1v) is 7.12. The Morgan fingerprint density at radius 3 is 2.84 bits per heavy atom. The third-order valence-electron chi connectivity index (χ3n) is 3.38. The predicted molar refractivity (Wildman–Crippen MR) is 78.0 cm³/mol. The first-order chi connectivity index (χ1) is 9.24. The average molecular weight is 285 g/mol. The molecular formula is C13H21ClN4O. The molecule has 5 nitrogen and oxygen atoms in total. The molecule has 0 bridgehead atoms. The van der Waals surface area contributed by atoms with Crippen LogP contribution in [0.15, 0.2) is 6.20 Å². The van der Waals surface area contributed by atoms with E-state index in [-0.39, 0.29) is 0 Å². The second-order valence-electron chi connectivity index (χ2n) is 4.78. The minimum absolute atomic E-state index is 0.617. The van der Waals surface area contributed by atoms with Crippen LogP contribution in [0.5, 0.6) is 0 Å². The number of nitrogens with one attached hydrogen (secondary N) is 1. The number of methoxy groups -OCH3 is 1. The molecule has 1 aromatic heterocycles. The van der Waals surface area contributed by atoms with Crippen LogP contribution in [0.2, 0.25) is 5.02 Å². The summed E-state index contributed by atoms with van der Waals surface area (Å²) in [5, 5.41) is 3.73. The largest absolute Gasteiger partial charge is 0.384 e. The number of aromatic nitrogens is 2. The van der Waals surface area contributed by atoms with Gasteiger partial charge in [-0.25, -0.2) is 4.98 Å². The van der Waals surface area contributed by atoms with E-state index in [2.05, 4.69) is 20.2 Å². The van der Waals surface area contributed by atoms with Gasteiger partial charge in [0.1, 0.15) is 5.02 Å². The van der Waals surface area contributed by atoms with Crippen LogP contribution in [-0.2, 0) is 4.74 Å². The highest BCUT2D eigenvalue weighted by atomic mass is 35.5. The minimum atomic E-state index is 0.617. The molecule has 0 atom stereocenters. The van der Waals surface area contributed by atoms with Crippen molar-refractivity contribution in [2.75, 3.05) is 43.6 Å². The predicted octanol–water partition coefficient (Wildman–Crippen LogP) is 2.42. The summed E-state index contributed by atoms with van der Waals surface area (Å²) < 4.78 is 5.22. The summed E-state index contributed by atoms with van der Waals surface area (Å²) in [6, 6.07) is 0. The lowest BCUT2D eigenvalue weighted by molar-refractivity contribution is 0.139. The van der Waals surface area contributed by atoms with Crippen LogP contribution in [0.25, 0.3) is 0 Å². The fourth-order valence-corrected chi connectivity index (χ4v) is 2.58. The maximum absolute atomic E-state index is 6.21. The van der Waals surface area contributed by atoms with Crippen molar-refractivity contribution in [3.63, 3.8) is 0 Å². The highest BCUT2D eigenvalue weighted by Gasteiger charge is 2.22. The van der Waals surface area contributed by atoms with Crippen LogP contribution in [0.3, 0.4) is 0 Å². The standard InChI is InChI=1S/C13H21ClN4O/c1-3-15-13-16-8-11(14)12(17-13)18-6-4-10(5-7-18)9-19-2/h8,10H,3-7,9H2,1-2H3,(H,15,16,17). The van der Waals surface area contributed by atoms with Gasteiger partial charge in [0.2, 0.25) is 5.95 Å². The summed E-state index contributed by atoms with van der Waals surface area (Å²) in [5.74, 6) is 2.12. The summed E-state index contributed by atoms with van der Waals surface area (Å²) in [6.07, 6.45) is 3.90. The second kappa shape index (κ2) is 6.91. The zero-order valence-electron chi connectivity index (χ0n) is 11.5.